The van der Waals surface area contributed by atoms with Crippen molar-refractivity contribution >= 4 is 17.6 Å². The first-order valence-electron chi connectivity index (χ1n) is 10.9. The summed E-state index contributed by atoms with van der Waals surface area (Å²) in [7, 11) is 0. The van der Waals surface area contributed by atoms with Crippen molar-refractivity contribution in [1.29, 1.82) is 0 Å². The van der Waals surface area contributed by atoms with E-state index in [-0.39, 0.29) is 12.8 Å². The van der Waals surface area contributed by atoms with E-state index < -0.39 is 18.0 Å². The summed E-state index contributed by atoms with van der Waals surface area (Å²) in [5.74, 6) is -2.20. The molecule has 0 fully saturated rings. The average molecular weight is 409 g/mol. The minimum absolute atomic E-state index is 0.0231. The van der Waals surface area contributed by atoms with Gasteiger partial charge in [0.15, 0.2) is 0 Å². The number of unbranched alkanes of at least 4 members (excludes halogenated alkanes) is 9. The monoisotopic (exact) mass is 408 g/mol. The van der Waals surface area contributed by atoms with Crippen molar-refractivity contribution < 1.29 is 19.8 Å². The van der Waals surface area contributed by atoms with Crippen molar-refractivity contribution in [3.8, 4) is 0 Å². The molecule has 1 unspecified atom stereocenters. The molecule has 0 heterocycles. The minimum atomic E-state index is -1.17. The molecule has 29 heavy (non-hydrogen) atoms. The fourth-order valence-corrected chi connectivity index (χ4v) is 2.90. The summed E-state index contributed by atoms with van der Waals surface area (Å²) in [5.41, 5.74) is 13.0. The second-order valence-electron chi connectivity index (χ2n) is 7.55. The molecule has 0 aliphatic rings. The quantitative estimate of drug-likeness (QED) is 0.239. The van der Waals surface area contributed by atoms with Gasteiger partial charge in [0.1, 0.15) is 6.04 Å². The molecule has 1 rings (SSSR count). The normalized spacial score (nSPS) is 11.4. The van der Waals surface area contributed by atoms with E-state index in [9.17, 15) is 9.59 Å². The number of rotatable bonds is 15. The van der Waals surface area contributed by atoms with Gasteiger partial charge in [-0.1, -0.05) is 76.8 Å². The van der Waals surface area contributed by atoms with Crippen LogP contribution in [0.2, 0.25) is 0 Å². The zero-order valence-electron chi connectivity index (χ0n) is 17.9. The summed E-state index contributed by atoms with van der Waals surface area (Å²) < 4.78 is 0. The van der Waals surface area contributed by atoms with Crippen molar-refractivity contribution in [1.82, 2.24) is 0 Å². The van der Waals surface area contributed by atoms with Gasteiger partial charge < -0.3 is 21.7 Å². The van der Waals surface area contributed by atoms with Crippen molar-refractivity contribution in [2.75, 3.05) is 5.73 Å². The Balaban J connectivity index is 0.000000665. The molecule has 0 amide bonds. The number of carboxylic acid groups (broad SMARTS) is 2. The van der Waals surface area contributed by atoms with Crippen LogP contribution in [0, 0.1) is 0 Å². The Kier molecular flexibility index (Phi) is 16.7. The lowest BCUT2D eigenvalue weighted by molar-refractivity contribution is -0.139. The van der Waals surface area contributed by atoms with Crippen LogP contribution in [-0.2, 0) is 16.0 Å². The Morgan fingerprint density at radius 1 is 0.862 bits per heavy atom. The Labute approximate surface area is 175 Å². The lowest BCUT2D eigenvalue weighted by Crippen LogP contribution is -2.30. The SMILES string of the molecule is CCCCCCCCCCCCc1ccc(N)cc1.NC(CCC(=O)O)C(=O)O. The van der Waals surface area contributed by atoms with E-state index in [0.29, 0.717) is 0 Å². The molecule has 0 aliphatic heterocycles. The number of benzene rings is 1. The van der Waals surface area contributed by atoms with E-state index in [1.807, 2.05) is 12.1 Å². The topological polar surface area (TPSA) is 127 Å². The van der Waals surface area contributed by atoms with E-state index in [4.69, 9.17) is 21.7 Å². The van der Waals surface area contributed by atoms with Crippen molar-refractivity contribution in [3.05, 3.63) is 29.8 Å². The molecule has 1 atom stereocenters. The summed E-state index contributed by atoms with van der Waals surface area (Å²) in [6.45, 7) is 2.28. The van der Waals surface area contributed by atoms with Crippen molar-refractivity contribution in [2.45, 2.75) is 96.4 Å². The van der Waals surface area contributed by atoms with Gasteiger partial charge in [-0.25, -0.2) is 0 Å². The Morgan fingerprint density at radius 3 is 1.79 bits per heavy atom. The van der Waals surface area contributed by atoms with Gasteiger partial charge in [-0.2, -0.15) is 0 Å². The summed E-state index contributed by atoms with van der Waals surface area (Å²) in [6, 6.07) is 7.26. The highest BCUT2D eigenvalue weighted by Crippen LogP contribution is 2.13. The fourth-order valence-electron chi connectivity index (χ4n) is 2.90. The van der Waals surface area contributed by atoms with Gasteiger partial charge in [0.2, 0.25) is 0 Å². The van der Waals surface area contributed by atoms with Crippen LogP contribution in [0.5, 0.6) is 0 Å². The highest BCUT2D eigenvalue weighted by molar-refractivity contribution is 5.74. The smallest absolute Gasteiger partial charge is 0.320 e. The number of hydrogen-bond donors (Lipinski definition) is 4. The molecule has 0 saturated heterocycles. The van der Waals surface area contributed by atoms with Crippen LogP contribution in [-0.4, -0.2) is 28.2 Å². The fraction of sp³-hybridized carbons (Fsp3) is 0.652. The van der Waals surface area contributed by atoms with Crippen LogP contribution in [0.15, 0.2) is 24.3 Å². The number of nitrogens with two attached hydrogens (primary N) is 2. The molecule has 166 valence electrons. The molecule has 6 heteroatoms. The molecular weight excluding hydrogens is 368 g/mol. The number of aryl methyl sites for hydroxylation is 1. The summed E-state index contributed by atoms with van der Waals surface area (Å²) >= 11 is 0. The Bertz CT molecular complexity index is 546. The first-order valence-corrected chi connectivity index (χ1v) is 10.9. The van der Waals surface area contributed by atoms with Gasteiger partial charge in [0.25, 0.3) is 0 Å². The third kappa shape index (κ3) is 17.7. The first-order chi connectivity index (χ1) is 13.9. The maximum atomic E-state index is 9.99. The largest absolute Gasteiger partial charge is 0.481 e. The van der Waals surface area contributed by atoms with Crippen LogP contribution in [0.4, 0.5) is 5.69 Å². The number of nitrogen functional groups attached to an aromatic ring is 1. The number of anilines is 1. The highest BCUT2D eigenvalue weighted by Gasteiger charge is 2.12. The summed E-state index contributed by atoms with van der Waals surface area (Å²) in [6.07, 6.45) is 15.0. The molecule has 0 saturated carbocycles. The summed E-state index contributed by atoms with van der Waals surface area (Å²) in [4.78, 5) is 19.9. The number of aliphatic carboxylic acids is 2. The average Bonchev–Trinajstić information content (AvgIpc) is 2.69. The third-order valence-corrected chi connectivity index (χ3v) is 4.79. The van der Waals surface area contributed by atoms with E-state index in [1.54, 1.807) is 0 Å². The standard InChI is InChI=1S/C18H31N.C5H9NO4/c1-2-3-4-5-6-7-8-9-10-11-12-17-13-15-18(19)16-14-17;6-3(5(9)10)1-2-4(7)8/h13-16H,2-12,19H2,1H3;3H,1-2,6H2,(H,7,8)(H,9,10). The molecule has 0 aromatic heterocycles. The minimum Gasteiger partial charge on any atom is -0.481 e. The summed E-state index contributed by atoms with van der Waals surface area (Å²) in [5, 5.41) is 16.3. The zero-order valence-corrected chi connectivity index (χ0v) is 17.9. The molecule has 0 aliphatic carbocycles. The van der Waals surface area contributed by atoms with Crippen LogP contribution >= 0.6 is 0 Å². The Morgan fingerprint density at radius 2 is 1.34 bits per heavy atom. The zero-order chi connectivity index (χ0) is 21.9. The van der Waals surface area contributed by atoms with E-state index in [0.717, 1.165) is 5.69 Å². The highest BCUT2D eigenvalue weighted by atomic mass is 16.4. The second kappa shape index (κ2) is 18.0. The second-order valence-corrected chi connectivity index (χ2v) is 7.55. The molecule has 0 spiro atoms. The van der Waals surface area contributed by atoms with E-state index in [2.05, 4.69) is 19.1 Å². The molecule has 6 N–H and O–H groups in total. The molecule has 1 aromatic rings. The van der Waals surface area contributed by atoms with Crippen molar-refractivity contribution in [2.24, 2.45) is 5.73 Å². The predicted molar refractivity (Wildman–Crippen MR) is 119 cm³/mol. The van der Waals surface area contributed by atoms with Crippen LogP contribution < -0.4 is 11.5 Å². The first kappa shape index (κ1) is 26.9. The molecule has 0 radical (unpaired) electrons. The lowest BCUT2D eigenvalue weighted by atomic mass is 10.0. The van der Waals surface area contributed by atoms with Gasteiger partial charge in [-0.15, -0.1) is 0 Å². The van der Waals surface area contributed by atoms with Crippen LogP contribution in [0.25, 0.3) is 0 Å². The van der Waals surface area contributed by atoms with E-state index >= 15 is 0 Å². The van der Waals surface area contributed by atoms with Crippen LogP contribution in [0.1, 0.15) is 89.5 Å². The van der Waals surface area contributed by atoms with E-state index in [1.165, 1.54) is 76.2 Å². The predicted octanol–water partition coefficient (Wildman–Crippen LogP) is 5.00. The maximum Gasteiger partial charge on any atom is 0.320 e. The lowest BCUT2D eigenvalue weighted by Gasteiger charge is -2.03. The van der Waals surface area contributed by atoms with Gasteiger partial charge in [-0.3, -0.25) is 9.59 Å². The number of carbonyl (C=O) groups is 2. The van der Waals surface area contributed by atoms with Gasteiger partial charge in [0.05, 0.1) is 0 Å². The maximum absolute atomic E-state index is 9.99. The third-order valence-electron chi connectivity index (χ3n) is 4.79. The molecular formula is C23H40N2O4. The molecule has 1 aromatic carbocycles. The van der Waals surface area contributed by atoms with Gasteiger partial charge >= 0.3 is 11.9 Å². The number of hydrogen-bond acceptors (Lipinski definition) is 4. The molecule has 6 nitrogen and oxygen atoms in total. The van der Waals surface area contributed by atoms with Gasteiger partial charge in [0, 0.05) is 12.1 Å². The van der Waals surface area contributed by atoms with Crippen molar-refractivity contribution in [3.63, 3.8) is 0 Å². The Hall–Kier alpha value is -2.08. The number of carboxylic acids is 2. The van der Waals surface area contributed by atoms with Crippen LogP contribution in [0.3, 0.4) is 0 Å². The molecule has 0 bridgehead atoms. The van der Waals surface area contributed by atoms with Gasteiger partial charge in [-0.05, 0) is 37.0 Å².